The highest BCUT2D eigenvalue weighted by molar-refractivity contribution is 6.31. The molecular weight excluding hydrogens is 342 g/mol. The van der Waals surface area contributed by atoms with Gasteiger partial charge in [0.15, 0.2) is 0 Å². The van der Waals surface area contributed by atoms with Crippen molar-refractivity contribution < 1.29 is 14.6 Å². The van der Waals surface area contributed by atoms with E-state index >= 15 is 0 Å². The number of fused-ring (bicyclic) bond motifs is 1. The molecule has 7 heteroatoms. The summed E-state index contributed by atoms with van der Waals surface area (Å²) in [6, 6.07) is 2.39. The van der Waals surface area contributed by atoms with Crippen molar-refractivity contribution in [2.75, 3.05) is 39.4 Å². The van der Waals surface area contributed by atoms with Crippen LogP contribution < -0.4 is 0 Å². The molecule has 1 aromatic rings. The van der Waals surface area contributed by atoms with Gasteiger partial charge in [-0.05, 0) is 24.5 Å². The minimum atomic E-state index is -0.657. The van der Waals surface area contributed by atoms with Crippen molar-refractivity contribution in [2.24, 2.45) is 11.3 Å². The number of aromatic nitrogens is 1. The van der Waals surface area contributed by atoms with Crippen LogP contribution in [0, 0.1) is 11.3 Å². The van der Waals surface area contributed by atoms with Crippen LogP contribution in [-0.4, -0.2) is 71.3 Å². The minimum Gasteiger partial charge on any atom is -0.481 e. The molecule has 3 aliphatic heterocycles. The van der Waals surface area contributed by atoms with Gasteiger partial charge in [-0.3, -0.25) is 19.6 Å². The Bertz CT molecular complexity index is 652. The van der Waals surface area contributed by atoms with Crippen LogP contribution in [0.1, 0.15) is 18.4 Å². The van der Waals surface area contributed by atoms with E-state index in [2.05, 4.69) is 14.8 Å². The van der Waals surface area contributed by atoms with E-state index in [1.807, 2.05) is 6.07 Å². The maximum Gasteiger partial charge on any atom is 0.312 e. The monoisotopic (exact) mass is 365 g/mol. The van der Waals surface area contributed by atoms with Crippen LogP contribution in [0.25, 0.3) is 0 Å². The second kappa shape index (κ2) is 6.83. The Morgan fingerprint density at radius 2 is 2.16 bits per heavy atom. The molecule has 0 amide bonds. The molecule has 0 unspecified atom stereocenters. The molecule has 3 saturated heterocycles. The molecule has 136 valence electrons. The second-order valence-electron chi connectivity index (χ2n) is 7.57. The number of carbonyl (C=O) groups is 1. The molecule has 0 saturated carbocycles. The van der Waals surface area contributed by atoms with E-state index in [1.54, 1.807) is 12.4 Å². The van der Waals surface area contributed by atoms with Crippen molar-refractivity contribution in [1.82, 2.24) is 14.8 Å². The Morgan fingerprint density at radius 3 is 2.84 bits per heavy atom. The molecule has 0 aliphatic carbocycles. The summed E-state index contributed by atoms with van der Waals surface area (Å²) in [5, 5.41) is 10.7. The first-order valence-electron chi connectivity index (χ1n) is 8.94. The Labute approximate surface area is 152 Å². The molecule has 25 heavy (non-hydrogen) atoms. The normalized spacial score (nSPS) is 31.3. The number of aliphatic carboxylic acids is 1. The Morgan fingerprint density at radius 1 is 1.36 bits per heavy atom. The number of carboxylic acid groups (broad SMARTS) is 1. The molecule has 3 aliphatic rings. The van der Waals surface area contributed by atoms with Crippen LogP contribution >= 0.6 is 11.6 Å². The van der Waals surface area contributed by atoms with Gasteiger partial charge in [0.25, 0.3) is 0 Å². The molecule has 4 heterocycles. The van der Waals surface area contributed by atoms with Crippen molar-refractivity contribution in [2.45, 2.75) is 25.4 Å². The molecule has 1 N–H and O–H groups in total. The van der Waals surface area contributed by atoms with Crippen molar-refractivity contribution in [1.29, 1.82) is 0 Å². The van der Waals surface area contributed by atoms with E-state index < -0.39 is 11.4 Å². The summed E-state index contributed by atoms with van der Waals surface area (Å²) in [4.78, 5) is 20.8. The van der Waals surface area contributed by atoms with Gasteiger partial charge in [0, 0.05) is 70.3 Å². The van der Waals surface area contributed by atoms with Gasteiger partial charge in [-0.1, -0.05) is 11.6 Å². The third-order valence-electron chi connectivity index (χ3n) is 6.09. The Hall–Kier alpha value is -1.21. The van der Waals surface area contributed by atoms with E-state index in [9.17, 15) is 9.90 Å². The zero-order valence-corrected chi connectivity index (χ0v) is 15.0. The standard InChI is InChI=1S/C18H24ClN3O3/c19-16-7-20-4-1-13(16)8-21-9-14-10-22(15-2-5-25-6-3-15)12-18(14,11-21)17(23)24/h1,4,7,14-15H,2-3,5-6,8-12H2,(H,23,24)/t14-,18-/m1/s1. The smallest absolute Gasteiger partial charge is 0.312 e. The molecule has 0 spiro atoms. The van der Waals surface area contributed by atoms with E-state index in [1.165, 1.54) is 0 Å². The molecule has 4 rings (SSSR count). The van der Waals surface area contributed by atoms with Crippen molar-refractivity contribution in [3.8, 4) is 0 Å². The van der Waals surface area contributed by atoms with Gasteiger partial charge in [-0.2, -0.15) is 0 Å². The number of hydrogen-bond donors (Lipinski definition) is 1. The van der Waals surface area contributed by atoms with Gasteiger partial charge >= 0.3 is 5.97 Å². The number of rotatable bonds is 4. The second-order valence-corrected chi connectivity index (χ2v) is 7.98. The van der Waals surface area contributed by atoms with Crippen molar-refractivity contribution in [3.63, 3.8) is 0 Å². The molecule has 3 fully saturated rings. The topological polar surface area (TPSA) is 65.9 Å². The fourth-order valence-corrected chi connectivity index (χ4v) is 4.91. The number of hydrogen-bond acceptors (Lipinski definition) is 5. The lowest BCUT2D eigenvalue weighted by atomic mass is 9.81. The predicted octanol–water partition coefficient (Wildman–Crippen LogP) is 1.73. The quantitative estimate of drug-likeness (QED) is 0.876. The molecular formula is C18H24ClN3O3. The average molecular weight is 366 g/mol. The molecule has 1 aromatic heterocycles. The summed E-state index contributed by atoms with van der Waals surface area (Å²) in [6.07, 6.45) is 5.41. The van der Waals surface area contributed by atoms with E-state index in [0.29, 0.717) is 30.7 Å². The largest absolute Gasteiger partial charge is 0.481 e. The highest BCUT2D eigenvalue weighted by Crippen LogP contribution is 2.44. The number of carboxylic acids is 1. The summed E-state index contributed by atoms with van der Waals surface area (Å²) in [5.41, 5.74) is 0.358. The first-order chi connectivity index (χ1) is 12.1. The SMILES string of the molecule is O=C(O)[C@@]12CN(Cc3ccncc3Cl)C[C@@H]1CN(C1CCOCC1)C2. The van der Waals surface area contributed by atoms with Crippen molar-refractivity contribution in [3.05, 3.63) is 29.0 Å². The van der Waals surface area contributed by atoms with Gasteiger partial charge in [0.2, 0.25) is 0 Å². The number of pyridine rings is 1. The molecule has 0 radical (unpaired) electrons. The van der Waals surface area contributed by atoms with Crippen LogP contribution in [0.4, 0.5) is 0 Å². The van der Waals surface area contributed by atoms with Crippen LogP contribution in [-0.2, 0) is 16.1 Å². The van der Waals surface area contributed by atoms with E-state index in [4.69, 9.17) is 16.3 Å². The van der Waals surface area contributed by atoms with Gasteiger partial charge in [0.1, 0.15) is 0 Å². The summed E-state index contributed by atoms with van der Waals surface area (Å²) >= 11 is 6.22. The summed E-state index contributed by atoms with van der Waals surface area (Å²) in [7, 11) is 0. The Balaban J connectivity index is 1.47. The summed E-state index contributed by atoms with van der Waals surface area (Å²) < 4.78 is 5.45. The zero-order chi connectivity index (χ0) is 17.4. The van der Waals surface area contributed by atoms with Crippen LogP contribution in [0.2, 0.25) is 5.02 Å². The number of nitrogens with zero attached hydrogens (tertiary/aromatic N) is 3. The number of likely N-dealkylation sites (tertiary alicyclic amines) is 2. The van der Waals surface area contributed by atoms with E-state index in [-0.39, 0.29) is 5.92 Å². The lowest BCUT2D eigenvalue weighted by molar-refractivity contribution is -0.149. The lowest BCUT2D eigenvalue weighted by Crippen LogP contribution is -2.44. The predicted molar refractivity (Wildman–Crippen MR) is 93.5 cm³/mol. The fraction of sp³-hybridized carbons (Fsp3) is 0.667. The molecule has 0 bridgehead atoms. The third kappa shape index (κ3) is 3.16. The van der Waals surface area contributed by atoms with Crippen LogP contribution in [0.3, 0.4) is 0 Å². The minimum absolute atomic E-state index is 0.174. The average Bonchev–Trinajstić information content (AvgIpc) is 3.13. The fourth-order valence-electron chi connectivity index (χ4n) is 4.73. The highest BCUT2D eigenvalue weighted by atomic mass is 35.5. The van der Waals surface area contributed by atoms with Crippen LogP contribution in [0.15, 0.2) is 18.5 Å². The van der Waals surface area contributed by atoms with Gasteiger partial charge < -0.3 is 9.84 Å². The maximum atomic E-state index is 12.2. The maximum absolute atomic E-state index is 12.2. The lowest BCUT2D eigenvalue weighted by Gasteiger charge is -2.33. The molecule has 2 atom stereocenters. The highest BCUT2D eigenvalue weighted by Gasteiger charge is 2.58. The Kier molecular flexibility index (Phi) is 4.71. The molecule has 6 nitrogen and oxygen atoms in total. The molecule has 0 aromatic carbocycles. The zero-order valence-electron chi connectivity index (χ0n) is 14.2. The van der Waals surface area contributed by atoms with Gasteiger partial charge in [-0.25, -0.2) is 0 Å². The number of halogens is 1. The van der Waals surface area contributed by atoms with E-state index in [0.717, 1.165) is 44.7 Å². The summed E-state index contributed by atoms with van der Waals surface area (Å²) in [6.45, 7) is 5.19. The first kappa shape index (κ1) is 17.2. The first-order valence-corrected chi connectivity index (χ1v) is 9.32. The third-order valence-corrected chi connectivity index (χ3v) is 6.43. The van der Waals surface area contributed by atoms with Gasteiger partial charge in [0.05, 0.1) is 10.4 Å². The number of ether oxygens (including phenoxy) is 1. The van der Waals surface area contributed by atoms with Crippen molar-refractivity contribution >= 4 is 17.6 Å². The summed E-state index contributed by atoms with van der Waals surface area (Å²) in [5.74, 6) is -0.483. The van der Waals surface area contributed by atoms with Crippen LogP contribution in [0.5, 0.6) is 0 Å². The van der Waals surface area contributed by atoms with Gasteiger partial charge in [-0.15, -0.1) is 0 Å².